The van der Waals surface area contributed by atoms with Crippen LogP contribution in [-0.2, 0) is 17.8 Å². The Morgan fingerprint density at radius 2 is 1.85 bits per heavy atom. The van der Waals surface area contributed by atoms with Crippen LogP contribution in [0.5, 0.6) is 11.5 Å². The molecule has 1 fully saturated rings. The molecule has 0 bridgehead atoms. The van der Waals surface area contributed by atoms with Gasteiger partial charge < -0.3 is 14.6 Å². The summed E-state index contributed by atoms with van der Waals surface area (Å²) in [4.78, 5) is 11.5. The molecule has 0 saturated heterocycles. The highest BCUT2D eigenvalue weighted by atomic mass is 19.1. The fourth-order valence-electron chi connectivity index (χ4n) is 5.65. The zero-order valence-corrected chi connectivity index (χ0v) is 24.6. The van der Waals surface area contributed by atoms with Crippen LogP contribution in [0.1, 0.15) is 88.3 Å². The average molecular weight is 565 g/mol. The van der Waals surface area contributed by atoms with Crippen LogP contribution in [0.4, 0.5) is 8.78 Å². The topological polar surface area (TPSA) is 55.8 Å². The molecule has 0 amide bonds. The standard InChI is InChI=1S/C35H42F2O4/c1-5-6-16-35(2,3)21-26-18-24(12-14-28(26)30-20-27(40-4)13-15-31(30)36)22-41-32-9-7-8-29(34(32)37)25(19-33(38)39)17-23-10-11-23/h7-9,12-15,18,20,23,25H,5-6,10-11,16-17,19,21-22H2,1-4H3,(H,38,39). The number of methoxy groups -OCH3 is 1. The predicted molar refractivity (Wildman–Crippen MR) is 158 cm³/mol. The molecule has 41 heavy (non-hydrogen) atoms. The van der Waals surface area contributed by atoms with E-state index >= 15 is 8.78 Å². The molecule has 0 heterocycles. The Balaban J connectivity index is 1.61. The summed E-state index contributed by atoms with van der Waals surface area (Å²) in [5, 5.41) is 9.41. The van der Waals surface area contributed by atoms with Crippen molar-refractivity contribution in [1.29, 1.82) is 0 Å². The van der Waals surface area contributed by atoms with Crippen LogP contribution in [0.2, 0.25) is 0 Å². The van der Waals surface area contributed by atoms with Gasteiger partial charge in [0.15, 0.2) is 11.6 Å². The maximum atomic E-state index is 15.6. The summed E-state index contributed by atoms with van der Waals surface area (Å²) in [6, 6.07) is 15.6. The van der Waals surface area contributed by atoms with Crippen molar-refractivity contribution in [3.63, 3.8) is 0 Å². The molecule has 3 aromatic rings. The van der Waals surface area contributed by atoms with Crippen molar-refractivity contribution in [2.75, 3.05) is 7.11 Å². The van der Waals surface area contributed by atoms with E-state index in [1.807, 2.05) is 18.2 Å². The SMILES string of the molecule is CCCCC(C)(C)Cc1cc(COc2cccc(C(CC(=O)O)CC3CC3)c2F)ccc1-c1cc(OC)ccc1F. The van der Waals surface area contributed by atoms with Gasteiger partial charge in [0.25, 0.3) is 0 Å². The number of ether oxygens (including phenoxy) is 2. The Labute approximate surface area is 242 Å². The van der Waals surface area contributed by atoms with Crippen LogP contribution in [0.25, 0.3) is 11.1 Å². The van der Waals surface area contributed by atoms with Crippen molar-refractivity contribution in [3.8, 4) is 22.6 Å². The van der Waals surface area contributed by atoms with Gasteiger partial charge in [0.2, 0.25) is 0 Å². The maximum absolute atomic E-state index is 15.6. The molecule has 1 saturated carbocycles. The lowest BCUT2D eigenvalue weighted by molar-refractivity contribution is -0.137. The third-order valence-electron chi connectivity index (χ3n) is 8.07. The van der Waals surface area contributed by atoms with Gasteiger partial charge in [-0.1, -0.05) is 76.8 Å². The van der Waals surface area contributed by atoms with Gasteiger partial charge in [-0.25, -0.2) is 8.78 Å². The molecule has 6 heteroatoms. The zero-order valence-electron chi connectivity index (χ0n) is 24.6. The molecule has 0 radical (unpaired) electrons. The highest BCUT2D eigenvalue weighted by molar-refractivity contribution is 5.70. The first-order valence-electron chi connectivity index (χ1n) is 14.7. The van der Waals surface area contributed by atoms with E-state index in [-0.39, 0.29) is 35.9 Å². The number of carboxylic acid groups (broad SMARTS) is 1. The normalized spacial score (nSPS) is 14.1. The summed E-state index contributed by atoms with van der Waals surface area (Å²) in [5.41, 5.74) is 3.54. The van der Waals surface area contributed by atoms with E-state index in [4.69, 9.17) is 9.47 Å². The minimum Gasteiger partial charge on any atom is -0.497 e. The molecule has 3 aromatic carbocycles. The molecule has 0 aliphatic heterocycles. The Hall–Kier alpha value is -3.41. The second-order valence-corrected chi connectivity index (χ2v) is 12.2. The molecule has 220 valence electrons. The first-order chi connectivity index (χ1) is 19.6. The van der Waals surface area contributed by atoms with Crippen molar-refractivity contribution < 1.29 is 28.2 Å². The van der Waals surface area contributed by atoms with Gasteiger partial charge in [0, 0.05) is 5.56 Å². The quantitative estimate of drug-likeness (QED) is 0.200. The highest BCUT2D eigenvalue weighted by Crippen LogP contribution is 2.42. The van der Waals surface area contributed by atoms with Gasteiger partial charge in [-0.3, -0.25) is 4.79 Å². The summed E-state index contributed by atoms with van der Waals surface area (Å²) >= 11 is 0. The maximum Gasteiger partial charge on any atom is 0.303 e. The van der Waals surface area contributed by atoms with Crippen molar-refractivity contribution in [2.45, 2.75) is 84.7 Å². The van der Waals surface area contributed by atoms with Crippen molar-refractivity contribution in [3.05, 3.63) is 82.9 Å². The summed E-state index contributed by atoms with van der Waals surface area (Å²) in [5.74, 6) is -0.944. The predicted octanol–water partition coefficient (Wildman–Crippen LogP) is 9.34. The third kappa shape index (κ3) is 8.31. The summed E-state index contributed by atoms with van der Waals surface area (Å²) in [6.07, 6.45) is 6.71. The van der Waals surface area contributed by atoms with E-state index < -0.39 is 11.8 Å². The fraction of sp³-hybridized carbons (Fsp3) is 0.457. The van der Waals surface area contributed by atoms with Crippen molar-refractivity contribution in [2.24, 2.45) is 11.3 Å². The molecule has 1 aliphatic carbocycles. The number of halogens is 2. The number of aliphatic carboxylic acids is 1. The van der Waals surface area contributed by atoms with E-state index in [0.29, 0.717) is 29.2 Å². The van der Waals surface area contributed by atoms with Crippen LogP contribution in [-0.4, -0.2) is 18.2 Å². The molecule has 0 aromatic heterocycles. The molecular formula is C35H42F2O4. The molecule has 4 rings (SSSR count). The van der Waals surface area contributed by atoms with E-state index in [1.165, 1.54) is 6.07 Å². The Morgan fingerprint density at radius 1 is 1.07 bits per heavy atom. The molecule has 1 atom stereocenters. The van der Waals surface area contributed by atoms with Gasteiger partial charge in [0.1, 0.15) is 18.2 Å². The second-order valence-electron chi connectivity index (χ2n) is 12.2. The van der Waals surface area contributed by atoms with Crippen LogP contribution in [0.15, 0.2) is 54.6 Å². The van der Waals surface area contributed by atoms with Crippen molar-refractivity contribution in [1.82, 2.24) is 0 Å². The number of carboxylic acids is 1. The number of hydrogen-bond donors (Lipinski definition) is 1. The van der Waals surface area contributed by atoms with Gasteiger partial charge >= 0.3 is 5.97 Å². The van der Waals surface area contributed by atoms with Gasteiger partial charge in [-0.2, -0.15) is 0 Å². The van der Waals surface area contributed by atoms with Gasteiger partial charge in [-0.05, 0) is 83.0 Å². The lowest BCUT2D eigenvalue weighted by Gasteiger charge is -2.26. The van der Waals surface area contributed by atoms with E-state index in [2.05, 4.69) is 20.8 Å². The summed E-state index contributed by atoms with van der Waals surface area (Å²) in [6.45, 7) is 6.77. The largest absolute Gasteiger partial charge is 0.497 e. The average Bonchev–Trinajstić information content (AvgIpc) is 3.75. The number of carbonyl (C=O) groups is 1. The lowest BCUT2D eigenvalue weighted by Crippen LogP contribution is -2.16. The van der Waals surface area contributed by atoms with Crippen LogP contribution >= 0.6 is 0 Å². The lowest BCUT2D eigenvalue weighted by atomic mass is 9.79. The fourth-order valence-corrected chi connectivity index (χ4v) is 5.65. The number of rotatable bonds is 15. The van der Waals surface area contributed by atoms with Crippen LogP contribution < -0.4 is 9.47 Å². The van der Waals surface area contributed by atoms with Gasteiger partial charge in [-0.15, -0.1) is 0 Å². The Morgan fingerprint density at radius 3 is 2.54 bits per heavy atom. The Bertz CT molecular complexity index is 1350. The zero-order chi connectivity index (χ0) is 29.6. The first-order valence-corrected chi connectivity index (χ1v) is 14.7. The second kappa shape index (κ2) is 13.5. The monoisotopic (exact) mass is 564 g/mol. The third-order valence-corrected chi connectivity index (χ3v) is 8.07. The minimum absolute atomic E-state index is 0.000728. The molecule has 0 spiro atoms. The summed E-state index contributed by atoms with van der Waals surface area (Å²) in [7, 11) is 1.57. The molecule has 4 nitrogen and oxygen atoms in total. The smallest absolute Gasteiger partial charge is 0.303 e. The van der Waals surface area contributed by atoms with Crippen molar-refractivity contribution >= 4 is 5.97 Å². The highest BCUT2D eigenvalue weighted by Gasteiger charge is 2.30. The van der Waals surface area contributed by atoms with Gasteiger partial charge in [0.05, 0.1) is 13.5 Å². The molecule has 1 unspecified atom stereocenters. The summed E-state index contributed by atoms with van der Waals surface area (Å²) < 4.78 is 42.0. The van der Waals surface area contributed by atoms with E-state index in [0.717, 1.165) is 55.2 Å². The minimum atomic E-state index is -0.927. The molecule has 1 aliphatic rings. The van der Waals surface area contributed by atoms with E-state index in [9.17, 15) is 9.90 Å². The number of benzene rings is 3. The molecule has 1 N–H and O–H groups in total. The molecular weight excluding hydrogens is 522 g/mol. The van der Waals surface area contributed by atoms with Crippen LogP contribution in [0.3, 0.4) is 0 Å². The first kappa shape index (κ1) is 30.5. The number of unbranched alkanes of at least 4 members (excludes halogenated alkanes) is 1. The number of hydrogen-bond acceptors (Lipinski definition) is 3. The van der Waals surface area contributed by atoms with E-state index in [1.54, 1.807) is 37.4 Å². The van der Waals surface area contributed by atoms with Crippen LogP contribution in [0, 0.1) is 23.0 Å². The Kier molecular flexibility index (Phi) is 10.1.